The van der Waals surface area contributed by atoms with Gasteiger partial charge in [0.25, 0.3) is 0 Å². The van der Waals surface area contributed by atoms with E-state index in [4.69, 9.17) is 20.2 Å². The highest BCUT2D eigenvalue weighted by atomic mass is 16.5. The van der Waals surface area contributed by atoms with Gasteiger partial charge >= 0.3 is 0 Å². The molecule has 0 saturated heterocycles. The summed E-state index contributed by atoms with van der Waals surface area (Å²) in [5.41, 5.74) is 11.4. The first-order valence-electron chi connectivity index (χ1n) is 9.71. The van der Waals surface area contributed by atoms with Crippen LogP contribution < -0.4 is 20.1 Å². The number of anilines is 2. The monoisotopic (exact) mass is 403 g/mol. The fourth-order valence-corrected chi connectivity index (χ4v) is 3.45. The van der Waals surface area contributed by atoms with Gasteiger partial charge in [0.2, 0.25) is 0 Å². The molecule has 0 unspecified atom stereocenters. The van der Waals surface area contributed by atoms with Crippen molar-refractivity contribution in [2.45, 2.75) is 0 Å². The van der Waals surface area contributed by atoms with E-state index in [-0.39, 0.29) is 0 Å². The van der Waals surface area contributed by atoms with Gasteiger partial charge in [-0.05, 0) is 24.3 Å². The lowest BCUT2D eigenvalue weighted by Crippen LogP contribution is -2.24. The lowest BCUT2D eigenvalue weighted by Gasteiger charge is -2.25. The first-order chi connectivity index (χ1) is 14.6. The van der Waals surface area contributed by atoms with E-state index in [9.17, 15) is 0 Å². The molecule has 0 amide bonds. The van der Waals surface area contributed by atoms with Crippen LogP contribution in [-0.4, -0.2) is 41.8 Å². The number of fused-ring (bicyclic) bond motifs is 1. The molecule has 30 heavy (non-hydrogen) atoms. The maximum absolute atomic E-state index is 5.93. The average Bonchev–Trinajstić information content (AvgIpc) is 3.22. The van der Waals surface area contributed by atoms with Crippen molar-refractivity contribution in [3.63, 3.8) is 0 Å². The minimum atomic E-state index is 0.493. The Labute approximate surface area is 175 Å². The largest absolute Gasteiger partial charge is 0.497 e. The molecule has 0 aliphatic rings. The van der Waals surface area contributed by atoms with Crippen LogP contribution in [0, 0.1) is 0 Å². The second-order valence-corrected chi connectivity index (χ2v) is 7.01. The van der Waals surface area contributed by atoms with E-state index in [0.717, 1.165) is 45.2 Å². The second kappa shape index (κ2) is 8.42. The van der Waals surface area contributed by atoms with Crippen LogP contribution in [0.15, 0.2) is 61.1 Å². The number of aryl methyl sites for hydroxylation is 1. The molecule has 0 aliphatic carbocycles. The van der Waals surface area contributed by atoms with Gasteiger partial charge in [-0.25, -0.2) is 4.98 Å². The minimum absolute atomic E-state index is 0.493. The van der Waals surface area contributed by atoms with Crippen LogP contribution >= 0.6 is 0 Å². The van der Waals surface area contributed by atoms with Gasteiger partial charge in [-0.15, -0.1) is 0 Å². The molecule has 0 aliphatic heterocycles. The zero-order valence-corrected chi connectivity index (χ0v) is 17.4. The van der Waals surface area contributed by atoms with E-state index in [2.05, 4.69) is 9.88 Å². The van der Waals surface area contributed by atoms with Gasteiger partial charge in [-0.1, -0.05) is 0 Å². The third-order valence-corrected chi connectivity index (χ3v) is 4.97. The molecule has 2 aromatic heterocycles. The zero-order valence-electron chi connectivity index (χ0n) is 17.4. The van der Waals surface area contributed by atoms with Gasteiger partial charge in [0.1, 0.15) is 11.5 Å². The van der Waals surface area contributed by atoms with Gasteiger partial charge in [0, 0.05) is 67.7 Å². The number of benzene rings is 2. The lowest BCUT2D eigenvalue weighted by atomic mass is 10.2. The summed E-state index contributed by atoms with van der Waals surface area (Å²) in [7, 11) is 5.27. The molecule has 2 heterocycles. The molecule has 0 fully saturated rings. The Kier molecular flexibility index (Phi) is 5.54. The summed E-state index contributed by atoms with van der Waals surface area (Å²) in [4.78, 5) is 11.6. The molecular formula is C23H25N5O2. The fourth-order valence-electron chi connectivity index (χ4n) is 3.45. The standard InChI is InChI=1S/C23H25N5O2/c1-27-8-6-16(15-27)23-14-25-21-5-4-17(12-22(21)26-23)28(9-7-24)18-10-19(29-2)13-20(11-18)30-3/h4-6,8,10-15H,7,9,24H2,1-3H3. The second-order valence-electron chi connectivity index (χ2n) is 7.01. The van der Waals surface area contributed by atoms with Gasteiger partial charge in [-0.2, -0.15) is 0 Å². The highest BCUT2D eigenvalue weighted by Crippen LogP contribution is 2.33. The van der Waals surface area contributed by atoms with Crippen LogP contribution in [0.4, 0.5) is 11.4 Å². The van der Waals surface area contributed by atoms with Crippen molar-refractivity contribution in [1.82, 2.24) is 14.5 Å². The van der Waals surface area contributed by atoms with Crippen molar-refractivity contribution >= 4 is 22.4 Å². The number of aromatic nitrogens is 3. The molecular weight excluding hydrogens is 378 g/mol. The molecule has 0 saturated carbocycles. The molecule has 2 N–H and O–H groups in total. The van der Waals surface area contributed by atoms with E-state index in [1.165, 1.54) is 0 Å². The van der Waals surface area contributed by atoms with Crippen LogP contribution in [0.1, 0.15) is 0 Å². The van der Waals surface area contributed by atoms with Crippen LogP contribution in [0.25, 0.3) is 22.3 Å². The maximum Gasteiger partial charge on any atom is 0.124 e. The minimum Gasteiger partial charge on any atom is -0.497 e. The van der Waals surface area contributed by atoms with Crippen molar-refractivity contribution in [3.05, 3.63) is 61.1 Å². The zero-order chi connectivity index (χ0) is 21.1. The van der Waals surface area contributed by atoms with Gasteiger partial charge < -0.3 is 24.7 Å². The summed E-state index contributed by atoms with van der Waals surface area (Å²) in [6.45, 7) is 1.13. The topological polar surface area (TPSA) is 78.4 Å². The number of nitrogens with two attached hydrogens (primary N) is 1. The summed E-state index contributed by atoms with van der Waals surface area (Å²) in [5.74, 6) is 1.44. The highest BCUT2D eigenvalue weighted by molar-refractivity contribution is 5.82. The summed E-state index contributed by atoms with van der Waals surface area (Å²) >= 11 is 0. The molecule has 4 aromatic rings. The van der Waals surface area contributed by atoms with Gasteiger partial charge in [-0.3, -0.25) is 4.98 Å². The molecule has 2 aromatic carbocycles. The normalized spacial score (nSPS) is 10.9. The summed E-state index contributed by atoms with van der Waals surface area (Å²) in [6, 6.07) is 13.9. The van der Waals surface area contributed by atoms with E-state index in [1.807, 2.05) is 72.7 Å². The third-order valence-electron chi connectivity index (χ3n) is 4.97. The van der Waals surface area contributed by atoms with E-state index in [1.54, 1.807) is 14.2 Å². The Balaban J connectivity index is 1.78. The predicted molar refractivity (Wildman–Crippen MR) is 120 cm³/mol. The predicted octanol–water partition coefficient (Wildman–Crippen LogP) is 3.75. The van der Waals surface area contributed by atoms with E-state index >= 15 is 0 Å². The summed E-state index contributed by atoms with van der Waals surface area (Å²) in [6.07, 6.45) is 5.83. The molecule has 0 bridgehead atoms. The van der Waals surface area contributed by atoms with Crippen molar-refractivity contribution in [2.24, 2.45) is 12.8 Å². The third kappa shape index (κ3) is 3.92. The Morgan fingerprint density at radius 1 is 0.967 bits per heavy atom. The van der Waals surface area contributed by atoms with Crippen LogP contribution in [0.3, 0.4) is 0 Å². The molecule has 0 spiro atoms. The quantitative estimate of drug-likeness (QED) is 0.506. The fraction of sp³-hybridized carbons (Fsp3) is 0.217. The first kappa shape index (κ1) is 19.7. The van der Waals surface area contributed by atoms with Crippen LogP contribution in [0.2, 0.25) is 0 Å². The van der Waals surface area contributed by atoms with Crippen LogP contribution in [-0.2, 0) is 7.05 Å². The highest BCUT2D eigenvalue weighted by Gasteiger charge is 2.14. The van der Waals surface area contributed by atoms with Crippen molar-refractivity contribution in [3.8, 4) is 22.8 Å². The number of nitrogens with zero attached hydrogens (tertiary/aromatic N) is 4. The first-order valence-corrected chi connectivity index (χ1v) is 9.71. The van der Waals surface area contributed by atoms with Gasteiger partial charge in [0.05, 0.1) is 37.1 Å². The number of rotatable bonds is 7. The number of methoxy groups -OCH3 is 2. The van der Waals surface area contributed by atoms with Crippen LogP contribution in [0.5, 0.6) is 11.5 Å². The SMILES string of the molecule is COc1cc(OC)cc(N(CCN)c2ccc3ncc(-c4ccn(C)c4)nc3c2)c1. The molecule has 154 valence electrons. The lowest BCUT2D eigenvalue weighted by molar-refractivity contribution is 0.394. The van der Waals surface area contributed by atoms with E-state index in [0.29, 0.717) is 13.1 Å². The Morgan fingerprint density at radius 3 is 2.37 bits per heavy atom. The maximum atomic E-state index is 5.93. The summed E-state index contributed by atoms with van der Waals surface area (Å²) < 4.78 is 12.9. The number of hydrogen-bond acceptors (Lipinski definition) is 6. The Bertz CT molecular complexity index is 1150. The van der Waals surface area contributed by atoms with Crippen molar-refractivity contribution < 1.29 is 9.47 Å². The number of hydrogen-bond donors (Lipinski definition) is 1. The molecule has 0 atom stereocenters. The summed E-state index contributed by atoms with van der Waals surface area (Å²) in [5, 5.41) is 0. The van der Waals surface area contributed by atoms with Crippen molar-refractivity contribution in [1.29, 1.82) is 0 Å². The number of ether oxygens (including phenoxy) is 2. The smallest absolute Gasteiger partial charge is 0.124 e. The van der Waals surface area contributed by atoms with E-state index < -0.39 is 0 Å². The molecule has 0 radical (unpaired) electrons. The molecule has 7 heteroatoms. The van der Waals surface area contributed by atoms with Gasteiger partial charge in [0.15, 0.2) is 0 Å². The Morgan fingerprint density at radius 2 is 1.73 bits per heavy atom. The Hall–Kier alpha value is -3.58. The molecule has 7 nitrogen and oxygen atoms in total. The van der Waals surface area contributed by atoms with Crippen molar-refractivity contribution in [2.75, 3.05) is 32.2 Å². The average molecular weight is 403 g/mol. The molecule has 4 rings (SSSR count).